The molecule has 0 saturated heterocycles. The first kappa shape index (κ1) is 13.5. The third-order valence-electron chi connectivity index (χ3n) is 0.933. The van der Waals surface area contributed by atoms with Crippen molar-refractivity contribution in [3.05, 3.63) is 29.0 Å². The highest BCUT2D eigenvalue weighted by Crippen LogP contribution is 2.06. The Balaban J connectivity index is 0.000000364. The maximum Gasteiger partial charge on any atom is 0.0833 e. The Labute approximate surface area is 96.0 Å². The van der Waals surface area contributed by atoms with Gasteiger partial charge in [-0.15, -0.1) is 0 Å². The zero-order valence-electron chi connectivity index (χ0n) is 8.61. The molecule has 78 valence electrons. The van der Waals surface area contributed by atoms with E-state index in [1.165, 1.54) is 6.21 Å². The van der Waals surface area contributed by atoms with Crippen LogP contribution in [0, 0.1) is 5.92 Å². The summed E-state index contributed by atoms with van der Waals surface area (Å²) in [6.07, 6.45) is 3.14. The Kier molecular flexibility index (Phi) is 7.52. The van der Waals surface area contributed by atoms with Gasteiger partial charge >= 0.3 is 0 Å². The molecule has 0 aromatic carbocycles. The zero-order chi connectivity index (χ0) is 11.0. The van der Waals surface area contributed by atoms with Gasteiger partial charge < -0.3 is 0 Å². The smallest absolute Gasteiger partial charge is 0.0833 e. The predicted molar refractivity (Wildman–Crippen MR) is 66.3 cm³/mol. The lowest BCUT2D eigenvalue weighted by atomic mass is 10.3. The van der Waals surface area contributed by atoms with Crippen molar-refractivity contribution in [3.63, 3.8) is 0 Å². The highest BCUT2D eigenvalue weighted by molar-refractivity contribution is 7.78. The van der Waals surface area contributed by atoms with Gasteiger partial charge in [-0.1, -0.05) is 32.4 Å². The molecule has 0 fully saturated rings. The van der Waals surface area contributed by atoms with Gasteiger partial charge in [-0.25, -0.2) is 4.40 Å². The van der Waals surface area contributed by atoms with Gasteiger partial charge in [0, 0.05) is 11.2 Å². The quantitative estimate of drug-likeness (QED) is 0.578. The molecule has 1 heterocycles. The van der Waals surface area contributed by atoms with Crippen molar-refractivity contribution in [2.24, 2.45) is 10.3 Å². The average Bonchev–Trinajstić information content (AvgIpc) is 2.03. The molecule has 4 heteroatoms. The summed E-state index contributed by atoms with van der Waals surface area (Å²) in [4.78, 5) is 3.95. The summed E-state index contributed by atoms with van der Waals surface area (Å²) in [5.74, 6) is 0.833. The molecule has 0 radical (unpaired) electrons. The Bertz CT molecular complexity index is 284. The molecule has 0 aliphatic heterocycles. The summed E-state index contributed by atoms with van der Waals surface area (Å²) in [5.41, 5.74) is 0.711. The maximum absolute atomic E-state index is 5.65. The van der Waals surface area contributed by atoms with Crippen LogP contribution in [0.4, 0.5) is 0 Å². The molecule has 0 aliphatic carbocycles. The summed E-state index contributed by atoms with van der Waals surface area (Å²) in [7, 11) is 0. The second-order valence-corrected chi connectivity index (χ2v) is 4.04. The summed E-state index contributed by atoms with van der Waals surface area (Å²) in [6.45, 7) is 6.50. The lowest BCUT2D eigenvalue weighted by Gasteiger charge is -1.89. The minimum absolute atomic E-state index is 0.651. The third kappa shape index (κ3) is 8.08. The molecule has 0 saturated carbocycles. The second-order valence-electron chi connectivity index (χ2n) is 3.38. The molecular weight excluding hydrogens is 216 g/mol. The fourth-order valence-electron chi connectivity index (χ4n) is 0.551. The second kappa shape index (κ2) is 7.83. The number of pyridine rings is 1. The van der Waals surface area contributed by atoms with E-state index < -0.39 is 0 Å². The van der Waals surface area contributed by atoms with Crippen molar-refractivity contribution in [1.29, 1.82) is 0 Å². The molecule has 1 rings (SSSR count). The summed E-state index contributed by atoms with van der Waals surface area (Å²) < 4.78 is 3.50. The van der Waals surface area contributed by atoms with Crippen molar-refractivity contribution in [3.8, 4) is 0 Å². The van der Waals surface area contributed by atoms with Crippen molar-refractivity contribution >= 4 is 30.6 Å². The van der Waals surface area contributed by atoms with Crippen LogP contribution in [0.25, 0.3) is 0 Å². The Morgan fingerprint density at radius 3 is 2.50 bits per heavy atom. The van der Waals surface area contributed by atoms with E-state index in [9.17, 15) is 0 Å². The molecule has 0 unspecified atom stereocenters. The number of hydrogen-bond donors (Lipinski definition) is 1. The van der Waals surface area contributed by atoms with E-state index in [4.69, 9.17) is 11.6 Å². The summed E-state index contributed by atoms with van der Waals surface area (Å²) in [6, 6.07) is 3.42. The number of rotatable bonds is 1. The van der Waals surface area contributed by atoms with Gasteiger partial charge in [0.1, 0.15) is 0 Å². The van der Waals surface area contributed by atoms with Crippen molar-refractivity contribution in [2.45, 2.75) is 20.8 Å². The van der Waals surface area contributed by atoms with E-state index in [-0.39, 0.29) is 0 Å². The number of thiol groups is 1. The van der Waals surface area contributed by atoms with Gasteiger partial charge in [-0.2, -0.15) is 0 Å². The van der Waals surface area contributed by atoms with Crippen molar-refractivity contribution in [2.75, 3.05) is 0 Å². The third-order valence-corrected chi connectivity index (χ3v) is 1.28. The van der Waals surface area contributed by atoms with Gasteiger partial charge in [0.25, 0.3) is 0 Å². The fraction of sp³-hybridized carbons (Fsp3) is 0.400. The number of aromatic nitrogens is 1. The number of nitrogens with zero attached hydrogens (tertiary/aromatic N) is 2. The van der Waals surface area contributed by atoms with Gasteiger partial charge in [0.05, 0.1) is 11.9 Å². The van der Waals surface area contributed by atoms with Crippen LogP contribution < -0.4 is 0 Å². The molecular formula is C10H15ClN2S. The summed E-state index contributed by atoms with van der Waals surface area (Å²) in [5, 5.41) is 0.651. The molecule has 0 spiro atoms. The van der Waals surface area contributed by atoms with Crippen LogP contribution in [0.15, 0.2) is 22.7 Å². The standard InChI is InChI=1S/C6H5ClN2S.C4H10/c7-5-1-2-8-6(3-5)4-9-10;1-4(2)3/h1-4,10H;4H,1-3H3/b9-4+;. The highest BCUT2D eigenvalue weighted by Gasteiger charge is 1.88. The largest absolute Gasteiger partial charge is 0.255 e. The fourth-order valence-corrected chi connectivity index (χ4v) is 0.837. The van der Waals surface area contributed by atoms with Crippen LogP contribution in [-0.2, 0) is 0 Å². The monoisotopic (exact) mass is 230 g/mol. The van der Waals surface area contributed by atoms with Crippen LogP contribution in [0.5, 0.6) is 0 Å². The minimum Gasteiger partial charge on any atom is -0.255 e. The maximum atomic E-state index is 5.65. The van der Waals surface area contributed by atoms with Crippen LogP contribution in [0.1, 0.15) is 26.5 Å². The van der Waals surface area contributed by atoms with Gasteiger partial charge in [-0.3, -0.25) is 4.98 Å². The Morgan fingerprint density at radius 1 is 1.50 bits per heavy atom. The first-order valence-electron chi connectivity index (χ1n) is 4.35. The lowest BCUT2D eigenvalue weighted by molar-refractivity contribution is 0.737. The Morgan fingerprint density at radius 2 is 2.07 bits per heavy atom. The van der Waals surface area contributed by atoms with Crippen LogP contribution in [0.3, 0.4) is 0 Å². The van der Waals surface area contributed by atoms with Crippen LogP contribution >= 0.6 is 24.4 Å². The topological polar surface area (TPSA) is 25.2 Å². The average molecular weight is 231 g/mol. The van der Waals surface area contributed by atoms with E-state index in [1.54, 1.807) is 18.3 Å². The van der Waals surface area contributed by atoms with Gasteiger partial charge in [-0.05, 0) is 30.9 Å². The first-order valence-corrected chi connectivity index (χ1v) is 5.13. The zero-order valence-corrected chi connectivity index (χ0v) is 10.3. The number of halogens is 1. The van der Waals surface area contributed by atoms with Crippen molar-refractivity contribution < 1.29 is 0 Å². The van der Waals surface area contributed by atoms with Crippen LogP contribution in [-0.4, -0.2) is 11.2 Å². The number of hydrogen-bond acceptors (Lipinski definition) is 3. The van der Waals surface area contributed by atoms with E-state index in [1.807, 2.05) is 0 Å². The van der Waals surface area contributed by atoms with Gasteiger partial charge in [0.15, 0.2) is 0 Å². The van der Waals surface area contributed by atoms with Crippen LogP contribution in [0.2, 0.25) is 5.02 Å². The summed E-state index contributed by atoms with van der Waals surface area (Å²) >= 11 is 9.31. The SMILES string of the molecule is CC(C)C.S/N=C/c1cc(Cl)ccn1. The molecule has 14 heavy (non-hydrogen) atoms. The first-order chi connectivity index (χ1) is 6.56. The molecule has 0 aliphatic rings. The molecule has 2 nitrogen and oxygen atoms in total. The molecule has 0 amide bonds. The van der Waals surface area contributed by atoms with E-state index in [0.717, 1.165) is 5.92 Å². The predicted octanol–water partition coefficient (Wildman–Crippen LogP) is 3.66. The van der Waals surface area contributed by atoms with E-state index in [2.05, 4.69) is 43.0 Å². The molecule has 0 atom stereocenters. The molecule has 1 aromatic heterocycles. The van der Waals surface area contributed by atoms with Crippen molar-refractivity contribution in [1.82, 2.24) is 4.98 Å². The normalized spacial score (nSPS) is 10.1. The van der Waals surface area contributed by atoms with Gasteiger partial charge in [0.2, 0.25) is 0 Å². The minimum atomic E-state index is 0.651. The Hall–Kier alpha value is -0.540. The lowest BCUT2D eigenvalue weighted by Crippen LogP contribution is -1.83. The molecule has 0 N–H and O–H groups in total. The highest BCUT2D eigenvalue weighted by atomic mass is 35.5. The van der Waals surface area contributed by atoms with E-state index >= 15 is 0 Å². The molecule has 0 bridgehead atoms. The molecule has 1 aromatic rings. The van der Waals surface area contributed by atoms with E-state index in [0.29, 0.717) is 10.7 Å².